The van der Waals surface area contributed by atoms with Crippen LogP contribution in [0.3, 0.4) is 0 Å². The van der Waals surface area contributed by atoms with Gasteiger partial charge in [-0.1, -0.05) is 0 Å². The summed E-state index contributed by atoms with van der Waals surface area (Å²) >= 11 is 0. The molecule has 0 aliphatic carbocycles. The lowest BCUT2D eigenvalue weighted by Crippen LogP contribution is -2.27. The largest absolute Gasteiger partial charge is 0.392 e. The van der Waals surface area contributed by atoms with Crippen molar-refractivity contribution in [1.29, 1.82) is 0 Å². The number of nitrogens with one attached hydrogen (secondary N) is 1. The predicted molar refractivity (Wildman–Crippen MR) is 68.8 cm³/mol. The van der Waals surface area contributed by atoms with Crippen LogP contribution < -0.4 is 11.1 Å². The molecule has 0 bridgehead atoms. The van der Waals surface area contributed by atoms with E-state index in [4.69, 9.17) is 10.8 Å². The van der Waals surface area contributed by atoms with E-state index in [0.717, 1.165) is 0 Å². The maximum Gasteiger partial charge on any atom is 0.216 e. The molecule has 0 aliphatic heterocycles. The third kappa shape index (κ3) is 4.47. The van der Waals surface area contributed by atoms with Gasteiger partial charge in [0, 0.05) is 30.8 Å². The van der Waals surface area contributed by atoms with Gasteiger partial charge in [-0.25, -0.2) is 4.98 Å². The number of nitrogens with two attached hydrogens (primary N) is 1. The van der Waals surface area contributed by atoms with Gasteiger partial charge in [0.05, 0.1) is 12.7 Å². The van der Waals surface area contributed by atoms with E-state index >= 15 is 0 Å². The second-order valence-electron chi connectivity index (χ2n) is 4.25. The van der Waals surface area contributed by atoms with E-state index in [-0.39, 0.29) is 31.3 Å². The Morgan fingerprint density at radius 1 is 1.53 bits per heavy atom. The highest BCUT2D eigenvalue weighted by atomic mass is 16.3. The van der Waals surface area contributed by atoms with Gasteiger partial charge in [-0.05, 0) is 12.5 Å². The number of aliphatic hydroxyl groups is 3. The number of hydrogen-bond acceptors (Lipinski definition) is 6. The number of nitrogen functional groups attached to an aromatic ring is 1. The minimum absolute atomic E-state index is 0.186. The molecule has 1 aromatic rings. The van der Waals surface area contributed by atoms with Gasteiger partial charge in [-0.2, -0.15) is 0 Å². The Balaban J connectivity index is 2.65. The smallest absolute Gasteiger partial charge is 0.216 e. The molecular weight excluding hydrogens is 250 g/mol. The zero-order valence-corrected chi connectivity index (χ0v) is 10.7. The lowest BCUT2D eigenvalue weighted by atomic mass is 10.0. The van der Waals surface area contributed by atoms with E-state index < -0.39 is 12.2 Å². The summed E-state index contributed by atoms with van der Waals surface area (Å²) in [7, 11) is 0. The fourth-order valence-electron chi connectivity index (χ4n) is 1.60. The summed E-state index contributed by atoms with van der Waals surface area (Å²) in [4.78, 5) is 14.5. The molecule has 2 unspecified atom stereocenters. The van der Waals surface area contributed by atoms with Crippen LogP contribution in [0.2, 0.25) is 0 Å². The van der Waals surface area contributed by atoms with Crippen molar-refractivity contribution >= 4 is 11.7 Å². The number of nitrogens with zero attached hydrogens (tertiary/aromatic N) is 1. The predicted octanol–water partition coefficient (Wildman–Crippen LogP) is -0.923. The van der Waals surface area contributed by atoms with Gasteiger partial charge in [-0.3, -0.25) is 4.79 Å². The fraction of sp³-hybridized carbons (Fsp3) is 0.500. The zero-order valence-electron chi connectivity index (χ0n) is 10.7. The van der Waals surface area contributed by atoms with Gasteiger partial charge in [0.25, 0.3) is 0 Å². The van der Waals surface area contributed by atoms with E-state index in [1.54, 1.807) is 0 Å². The van der Waals surface area contributed by atoms with Gasteiger partial charge in [0.15, 0.2) is 0 Å². The summed E-state index contributed by atoms with van der Waals surface area (Å²) in [6.45, 7) is 1.35. The molecule has 1 heterocycles. The van der Waals surface area contributed by atoms with Crippen LogP contribution >= 0.6 is 0 Å². The van der Waals surface area contributed by atoms with Gasteiger partial charge in [0.2, 0.25) is 5.91 Å². The SMILES string of the molecule is CC(=O)NCCC(O)C(O)c1cnc(N)c(CO)c1. The quantitative estimate of drug-likeness (QED) is 0.454. The molecule has 0 aromatic carbocycles. The van der Waals surface area contributed by atoms with E-state index in [1.807, 2.05) is 0 Å². The van der Waals surface area contributed by atoms with Crippen molar-refractivity contribution in [3.05, 3.63) is 23.4 Å². The first kappa shape index (κ1) is 15.4. The molecule has 0 saturated heterocycles. The number of rotatable bonds is 6. The first-order valence-corrected chi connectivity index (χ1v) is 5.91. The number of pyridine rings is 1. The summed E-state index contributed by atoms with van der Waals surface area (Å²) in [6, 6.07) is 1.49. The lowest BCUT2D eigenvalue weighted by Gasteiger charge is -2.18. The van der Waals surface area contributed by atoms with Gasteiger partial charge in [-0.15, -0.1) is 0 Å². The highest BCUT2D eigenvalue weighted by Gasteiger charge is 2.19. The third-order valence-electron chi connectivity index (χ3n) is 2.71. The molecule has 0 spiro atoms. The summed E-state index contributed by atoms with van der Waals surface area (Å²) < 4.78 is 0. The molecule has 19 heavy (non-hydrogen) atoms. The van der Waals surface area contributed by atoms with Crippen molar-refractivity contribution in [2.75, 3.05) is 12.3 Å². The average Bonchev–Trinajstić information content (AvgIpc) is 2.38. The van der Waals surface area contributed by atoms with Crippen LogP contribution in [0.4, 0.5) is 5.82 Å². The highest BCUT2D eigenvalue weighted by molar-refractivity contribution is 5.72. The van der Waals surface area contributed by atoms with Crippen LogP contribution in [0, 0.1) is 0 Å². The average molecular weight is 269 g/mol. The van der Waals surface area contributed by atoms with Crippen molar-refractivity contribution in [1.82, 2.24) is 10.3 Å². The van der Waals surface area contributed by atoms with Crippen molar-refractivity contribution in [2.45, 2.75) is 32.2 Å². The maximum atomic E-state index is 10.7. The maximum absolute atomic E-state index is 10.7. The minimum Gasteiger partial charge on any atom is -0.392 e. The van der Waals surface area contributed by atoms with Gasteiger partial charge >= 0.3 is 0 Å². The fourth-order valence-corrected chi connectivity index (χ4v) is 1.60. The first-order valence-electron chi connectivity index (χ1n) is 5.91. The normalized spacial score (nSPS) is 13.9. The van der Waals surface area contributed by atoms with Crippen LogP contribution in [0.15, 0.2) is 12.3 Å². The summed E-state index contributed by atoms with van der Waals surface area (Å²) in [5.41, 5.74) is 6.29. The molecule has 0 radical (unpaired) electrons. The molecule has 6 N–H and O–H groups in total. The van der Waals surface area contributed by atoms with Crippen LogP contribution in [0.1, 0.15) is 30.6 Å². The van der Waals surface area contributed by atoms with E-state index in [1.165, 1.54) is 19.2 Å². The lowest BCUT2D eigenvalue weighted by molar-refractivity contribution is -0.119. The van der Waals surface area contributed by atoms with E-state index in [2.05, 4.69) is 10.3 Å². The van der Waals surface area contributed by atoms with Crippen LogP contribution in [-0.2, 0) is 11.4 Å². The number of aliphatic hydroxyl groups excluding tert-OH is 3. The Kier molecular flexibility index (Phi) is 5.68. The monoisotopic (exact) mass is 269 g/mol. The van der Waals surface area contributed by atoms with Crippen molar-refractivity contribution in [3.8, 4) is 0 Å². The van der Waals surface area contributed by atoms with Gasteiger partial charge < -0.3 is 26.4 Å². The number of carbonyl (C=O) groups is 1. The first-order chi connectivity index (χ1) is 8.95. The number of aromatic nitrogens is 1. The van der Waals surface area contributed by atoms with Crippen LogP contribution in [-0.4, -0.2) is 38.9 Å². The molecular formula is C12H19N3O4. The number of amides is 1. The molecule has 7 heteroatoms. The highest BCUT2D eigenvalue weighted by Crippen LogP contribution is 2.21. The molecule has 0 aliphatic rings. The summed E-state index contributed by atoms with van der Waals surface area (Å²) in [5, 5.41) is 31.3. The van der Waals surface area contributed by atoms with Gasteiger partial charge in [0.1, 0.15) is 11.9 Å². The number of anilines is 1. The molecule has 7 nitrogen and oxygen atoms in total. The molecule has 0 fully saturated rings. The second kappa shape index (κ2) is 7.03. The second-order valence-corrected chi connectivity index (χ2v) is 4.25. The Labute approximate surface area is 111 Å². The molecule has 106 valence electrons. The van der Waals surface area contributed by atoms with Crippen LogP contribution in [0.5, 0.6) is 0 Å². The summed E-state index contributed by atoms with van der Waals surface area (Å²) in [6.07, 6.45) is -0.628. The zero-order chi connectivity index (χ0) is 14.4. The van der Waals surface area contributed by atoms with Crippen LogP contribution in [0.25, 0.3) is 0 Å². The third-order valence-corrected chi connectivity index (χ3v) is 2.71. The molecule has 1 rings (SSSR count). The molecule has 1 amide bonds. The Bertz CT molecular complexity index is 439. The molecule has 2 atom stereocenters. The van der Waals surface area contributed by atoms with Crippen molar-refractivity contribution < 1.29 is 20.1 Å². The van der Waals surface area contributed by atoms with Crippen molar-refractivity contribution in [2.24, 2.45) is 0 Å². The molecule has 0 saturated carbocycles. The van der Waals surface area contributed by atoms with E-state index in [9.17, 15) is 15.0 Å². The summed E-state index contributed by atoms with van der Waals surface area (Å²) in [5.74, 6) is -0.00964. The topological polar surface area (TPSA) is 129 Å². The van der Waals surface area contributed by atoms with E-state index in [0.29, 0.717) is 11.1 Å². The Hall–Kier alpha value is -1.70. The Morgan fingerprint density at radius 3 is 2.79 bits per heavy atom. The van der Waals surface area contributed by atoms with Crippen molar-refractivity contribution in [3.63, 3.8) is 0 Å². The molecule has 1 aromatic heterocycles. The number of hydrogen-bond donors (Lipinski definition) is 5. The minimum atomic E-state index is -1.15. The standard InChI is InChI=1S/C12H19N3O4/c1-7(17)14-3-2-10(18)11(19)8-4-9(6-16)12(13)15-5-8/h4-5,10-11,16,18-19H,2-3,6H2,1H3,(H2,13,15)(H,14,17). The Morgan fingerprint density at radius 2 is 2.21 bits per heavy atom. The number of carbonyl (C=O) groups excluding carboxylic acids is 1.